The van der Waals surface area contributed by atoms with E-state index in [0.717, 1.165) is 6.42 Å². The SMILES string of the molecule is CC(C)(C)CC(C)(C)[C@@H](CCC(=O)O)C(C)(C)P=O. The zero-order valence-corrected chi connectivity index (χ0v) is 14.3. The van der Waals surface area contributed by atoms with Gasteiger partial charge in [-0.2, -0.15) is 0 Å². The van der Waals surface area contributed by atoms with Crippen molar-refractivity contribution in [2.24, 2.45) is 16.7 Å². The number of aliphatic carboxylic acids is 1. The van der Waals surface area contributed by atoms with Gasteiger partial charge in [-0.05, 0) is 43.4 Å². The van der Waals surface area contributed by atoms with Crippen LogP contribution >= 0.6 is 8.46 Å². The molecule has 0 rings (SSSR count). The predicted molar refractivity (Wildman–Crippen MR) is 79.9 cm³/mol. The van der Waals surface area contributed by atoms with Crippen molar-refractivity contribution < 1.29 is 14.5 Å². The topological polar surface area (TPSA) is 54.4 Å². The van der Waals surface area contributed by atoms with E-state index in [2.05, 4.69) is 34.6 Å². The van der Waals surface area contributed by atoms with Crippen molar-refractivity contribution in [2.45, 2.75) is 72.9 Å². The maximum atomic E-state index is 11.5. The first-order valence-corrected chi connectivity index (χ1v) is 7.69. The second-order valence-corrected chi connectivity index (χ2v) is 9.29. The van der Waals surface area contributed by atoms with Gasteiger partial charge in [0, 0.05) is 11.6 Å². The minimum atomic E-state index is -0.782. The van der Waals surface area contributed by atoms with Crippen LogP contribution in [0.15, 0.2) is 0 Å². The second kappa shape index (κ2) is 6.35. The molecular formula is C15H29O3P. The Morgan fingerprint density at radius 3 is 1.89 bits per heavy atom. The van der Waals surface area contributed by atoms with Gasteiger partial charge in [0.25, 0.3) is 0 Å². The summed E-state index contributed by atoms with van der Waals surface area (Å²) in [6.45, 7) is 14.8. The van der Waals surface area contributed by atoms with Gasteiger partial charge < -0.3 is 5.11 Å². The highest BCUT2D eigenvalue weighted by Crippen LogP contribution is 2.49. The van der Waals surface area contributed by atoms with E-state index in [9.17, 15) is 9.36 Å². The van der Waals surface area contributed by atoms with Gasteiger partial charge in [-0.25, -0.2) is 0 Å². The molecule has 0 fully saturated rings. The lowest BCUT2D eigenvalue weighted by Gasteiger charge is -2.44. The number of carboxylic acids is 1. The molecule has 0 spiro atoms. The maximum absolute atomic E-state index is 11.5. The summed E-state index contributed by atoms with van der Waals surface area (Å²) in [5.41, 5.74) is 0.120. The zero-order valence-electron chi connectivity index (χ0n) is 13.4. The van der Waals surface area contributed by atoms with E-state index in [1.807, 2.05) is 13.8 Å². The van der Waals surface area contributed by atoms with Crippen LogP contribution in [0.5, 0.6) is 0 Å². The minimum Gasteiger partial charge on any atom is -0.481 e. The summed E-state index contributed by atoms with van der Waals surface area (Å²) in [7, 11) is 0.0910. The summed E-state index contributed by atoms with van der Waals surface area (Å²) in [5.74, 6) is -0.676. The third-order valence-electron chi connectivity index (χ3n) is 3.66. The fraction of sp³-hybridized carbons (Fsp3) is 0.933. The van der Waals surface area contributed by atoms with Gasteiger partial charge in [0.2, 0.25) is 0 Å². The third kappa shape index (κ3) is 6.51. The molecule has 0 aromatic rings. The Bertz CT molecular complexity index is 327. The van der Waals surface area contributed by atoms with E-state index in [1.165, 1.54) is 0 Å². The average molecular weight is 288 g/mol. The fourth-order valence-corrected chi connectivity index (χ4v) is 4.13. The molecule has 0 heterocycles. The van der Waals surface area contributed by atoms with Crippen molar-refractivity contribution in [1.29, 1.82) is 0 Å². The number of hydrogen-bond donors (Lipinski definition) is 1. The van der Waals surface area contributed by atoms with Gasteiger partial charge in [-0.3, -0.25) is 9.36 Å². The van der Waals surface area contributed by atoms with Crippen molar-refractivity contribution >= 4 is 14.4 Å². The molecule has 1 N–H and O–H groups in total. The molecular weight excluding hydrogens is 259 g/mol. The summed E-state index contributed by atoms with van der Waals surface area (Å²) >= 11 is 0. The van der Waals surface area contributed by atoms with Crippen LogP contribution in [0, 0.1) is 16.7 Å². The molecule has 0 aliphatic carbocycles. The maximum Gasteiger partial charge on any atom is 0.303 e. The highest BCUT2D eigenvalue weighted by atomic mass is 31.1. The van der Waals surface area contributed by atoms with Crippen LogP contribution in [0.2, 0.25) is 0 Å². The van der Waals surface area contributed by atoms with E-state index >= 15 is 0 Å². The standard InChI is InChI=1S/C15H29O3P/c1-13(2,3)10-14(4,5)11(8-9-12(16)17)15(6,7)19-18/h11H,8-10H2,1-7H3,(H,16,17)/t11-/m1/s1. The average Bonchev–Trinajstić information content (AvgIpc) is 2.12. The third-order valence-corrected chi connectivity index (χ3v) is 4.45. The van der Waals surface area contributed by atoms with Gasteiger partial charge in [-0.15, -0.1) is 0 Å². The van der Waals surface area contributed by atoms with Crippen molar-refractivity contribution in [3.05, 3.63) is 0 Å². The van der Waals surface area contributed by atoms with Crippen molar-refractivity contribution in [1.82, 2.24) is 0 Å². The summed E-state index contributed by atoms with van der Waals surface area (Å²) < 4.78 is 11.5. The second-order valence-electron chi connectivity index (χ2n) is 7.96. The molecule has 0 bridgehead atoms. The zero-order chi connectivity index (χ0) is 15.5. The number of carbonyl (C=O) groups is 1. The predicted octanol–water partition coefficient (Wildman–Crippen LogP) is 5.00. The molecule has 0 unspecified atom stereocenters. The molecule has 4 heteroatoms. The highest BCUT2D eigenvalue weighted by molar-refractivity contribution is 7.25. The summed E-state index contributed by atoms with van der Waals surface area (Å²) in [5, 5.41) is 8.52. The lowest BCUT2D eigenvalue weighted by molar-refractivity contribution is -0.137. The summed E-state index contributed by atoms with van der Waals surface area (Å²) in [4.78, 5) is 10.9. The van der Waals surface area contributed by atoms with E-state index in [-0.39, 0.29) is 31.6 Å². The highest BCUT2D eigenvalue weighted by Gasteiger charge is 2.42. The molecule has 0 saturated heterocycles. The lowest BCUT2D eigenvalue weighted by atomic mass is 9.64. The van der Waals surface area contributed by atoms with Crippen molar-refractivity contribution in [2.75, 3.05) is 0 Å². The first-order chi connectivity index (χ1) is 8.32. The Labute approximate surface area is 119 Å². The minimum absolute atomic E-state index is 0.0470. The number of rotatable bonds is 7. The first kappa shape index (κ1) is 18.6. The fourth-order valence-electron chi connectivity index (χ4n) is 3.52. The molecule has 0 aromatic carbocycles. The van der Waals surface area contributed by atoms with Gasteiger partial charge in [0.05, 0.1) is 0 Å². The van der Waals surface area contributed by atoms with Crippen LogP contribution in [-0.2, 0) is 9.36 Å². The van der Waals surface area contributed by atoms with Crippen LogP contribution in [0.4, 0.5) is 0 Å². The van der Waals surface area contributed by atoms with E-state index < -0.39 is 11.1 Å². The Morgan fingerprint density at radius 2 is 1.58 bits per heavy atom. The molecule has 112 valence electrons. The monoisotopic (exact) mass is 288 g/mol. The van der Waals surface area contributed by atoms with Crippen LogP contribution in [-0.4, -0.2) is 16.2 Å². The Morgan fingerprint density at radius 1 is 1.11 bits per heavy atom. The van der Waals surface area contributed by atoms with Gasteiger partial charge >= 0.3 is 5.97 Å². The molecule has 0 aliphatic rings. The van der Waals surface area contributed by atoms with Crippen LogP contribution in [0.3, 0.4) is 0 Å². The molecule has 0 radical (unpaired) electrons. The smallest absolute Gasteiger partial charge is 0.303 e. The molecule has 0 saturated carbocycles. The Kier molecular flexibility index (Phi) is 6.20. The molecule has 0 aromatic heterocycles. The normalized spacial score (nSPS) is 15.5. The van der Waals surface area contributed by atoms with Gasteiger partial charge in [0.1, 0.15) is 0 Å². The van der Waals surface area contributed by atoms with Crippen LogP contribution in [0.1, 0.15) is 67.7 Å². The molecule has 3 nitrogen and oxygen atoms in total. The summed E-state index contributed by atoms with van der Waals surface area (Å²) in [6.07, 6.45) is 1.68. The van der Waals surface area contributed by atoms with Gasteiger partial charge in [0.15, 0.2) is 8.46 Å². The van der Waals surface area contributed by atoms with Crippen molar-refractivity contribution in [3.8, 4) is 0 Å². The van der Waals surface area contributed by atoms with Gasteiger partial charge in [-0.1, -0.05) is 34.6 Å². The van der Waals surface area contributed by atoms with E-state index in [1.54, 1.807) is 0 Å². The van der Waals surface area contributed by atoms with E-state index in [4.69, 9.17) is 5.11 Å². The van der Waals surface area contributed by atoms with Crippen LogP contribution < -0.4 is 0 Å². The van der Waals surface area contributed by atoms with E-state index in [0.29, 0.717) is 6.42 Å². The first-order valence-electron chi connectivity index (χ1n) is 6.88. The molecule has 0 aliphatic heterocycles. The Hall–Kier alpha value is -0.430. The number of carboxylic acid groups (broad SMARTS) is 1. The van der Waals surface area contributed by atoms with Crippen LogP contribution in [0.25, 0.3) is 0 Å². The molecule has 1 atom stereocenters. The summed E-state index contributed by atoms with van der Waals surface area (Å²) in [6, 6.07) is 0. The number of hydrogen-bond acceptors (Lipinski definition) is 2. The largest absolute Gasteiger partial charge is 0.481 e. The Balaban J connectivity index is 5.21. The molecule has 0 amide bonds. The lowest BCUT2D eigenvalue weighted by Crippen LogP contribution is -2.40. The quantitative estimate of drug-likeness (QED) is 0.671. The van der Waals surface area contributed by atoms with Crippen molar-refractivity contribution in [3.63, 3.8) is 0 Å². The molecule has 19 heavy (non-hydrogen) atoms.